The summed E-state index contributed by atoms with van der Waals surface area (Å²) in [4.78, 5) is 10.5. The molecule has 1 heterocycles. The molecule has 1 saturated carbocycles. The second-order valence-corrected chi connectivity index (χ2v) is 5.85. The number of rotatable bonds is 3. The van der Waals surface area contributed by atoms with Crippen molar-refractivity contribution in [2.24, 2.45) is 0 Å². The Hall–Kier alpha value is -0.220. The number of carboxylic acids is 1. The summed E-state index contributed by atoms with van der Waals surface area (Å²) in [5.74, 6) is -0.465. The van der Waals surface area contributed by atoms with Crippen LogP contribution in [0.25, 0.3) is 0 Å². The number of carboxylic acid groups (broad SMARTS) is 1. The van der Waals surface area contributed by atoms with Gasteiger partial charge in [-0.15, -0.1) is 11.8 Å². The maximum absolute atomic E-state index is 10.5. The van der Waals surface area contributed by atoms with E-state index in [2.05, 4.69) is 0 Å². The fraction of sp³-hybridized carbons (Fsp3) is 0.909. The van der Waals surface area contributed by atoms with Crippen LogP contribution in [0.3, 0.4) is 0 Å². The Morgan fingerprint density at radius 2 is 2.20 bits per heavy atom. The summed E-state index contributed by atoms with van der Waals surface area (Å²) in [6.45, 7) is 0.817. The standard InChI is InChI=1S/C11H18O3S/c12-10(13)8-15-9-3-6-14-11(7-9)4-1-2-5-11/h9H,1-8H2,(H,12,13). The first-order valence-corrected chi connectivity index (χ1v) is 6.72. The lowest BCUT2D eigenvalue weighted by atomic mass is 9.92. The molecule has 1 spiro atoms. The van der Waals surface area contributed by atoms with Gasteiger partial charge in [0.25, 0.3) is 0 Å². The summed E-state index contributed by atoms with van der Waals surface area (Å²) in [6.07, 6.45) is 6.98. The van der Waals surface area contributed by atoms with Crippen molar-refractivity contribution in [3.63, 3.8) is 0 Å². The molecule has 0 aromatic carbocycles. The zero-order valence-corrected chi connectivity index (χ0v) is 9.72. The van der Waals surface area contributed by atoms with E-state index in [9.17, 15) is 4.79 Å². The molecule has 2 aliphatic rings. The van der Waals surface area contributed by atoms with E-state index in [1.165, 1.54) is 25.7 Å². The Labute approximate surface area is 94.6 Å². The van der Waals surface area contributed by atoms with Crippen LogP contribution >= 0.6 is 11.8 Å². The summed E-state index contributed by atoms with van der Waals surface area (Å²) in [5, 5.41) is 9.14. The fourth-order valence-electron chi connectivity index (χ4n) is 2.68. The molecule has 86 valence electrons. The summed E-state index contributed by atoms with van der Waals surface area (Å²) < 4.78 is 5.90. The number of hydrogen-bond acceptors (Lipinski definition) is 3. The number of ether oxygens (including phenoxy) is 1. The lowest BCUT2D eigenvalue weighted by Gasteiger charge is -2.37. The molecule has 4 heteroatoms. The van der Waals surface area contributed by atoms with Gasteiger partial charge in [-0.05, 0) is 25.7 Å². The van der Waals surface area contributed by atoms with Crippen molar-refractivity contribution in [1.82, 2.24) is 0 Å². The summed E-state index contributed by atoms with van der Waals surface area (Å²) in [7, 11) is 0. The first-order valence-electron chi connectivity index (χ1n) is 5.68. The van der Waals surface area contributed by atoms with Gasteiger partial charge < -0.3 is 9.84 Å². The minimum atomic E-state index is -0.702. The quantitative estimate of drug-likeness (QED) is 0.808. The van der Waals surface area contributed by atoms with Crippen molar-refractivity contribution in [3.8, 4) is 0 Å². The predicted octanol–water partition coefficient (Wildman–Crippen LogP) is 2.30. The van der Waals surface area contributed by atoms with Gasteiger partial charge in [0.2, 0.25) is 0 Å². The average Bonchev–Trinajstić information content (AvgIpc) is 2.63. The second-order valence-electron chi connectivity index (χ2n) is 4.56. The van der Waals surface area contributed by atoms with E-state index in [1.807, 2.05) is 0 Å². The molecule has 3 nitrogen and oxygen atoms in total. The minimum Gasteiger partial charge on any atom is -0.481 e. The van der Waals surface area contributed by atoms with Gasteiger partial charge in [-0.2, -0.15) is 0 Å². The van der Waals surface area contributed by atoms with Crippen molar-refractivity contribution in [2.45, 2.75) is 49.4 Å². The molecule has 1 atom stereocenters. The number of thioether (sulfide) groups is 1. The van der Waals surface area contributed by atoms with Crippen molar-refractivity contribution >= 4 is 17.7 Å². The van der Waals surface area contributed by atoms with Gasteiger partial charge >= 0.3 is 5.97 Å². The van der Waals surface area contributed by atoms with Crippen LogP contribution in [0.1, 0.15) is 38.5 Å². The minimum absolute atomic E-state index is 0.119. The zero-order chi connectivity index (χ0) is 10.7. The summed E-state index contributed by atoms with van der Waals surface area (Å²) >= 11 is 1.59. The predicted molar refractivity (Wildman–Crippen MR) is 60.3 cm³/mol. The Balaban J connectivity index is 1.84. The van der Waals surface area contributed by atoms with Crippen LogP contribution in [-0.4, -0.2) is 34.3 Å². The molecule has 0 amide bonds. The molecule has 1 aliphatic carbocycles. The van der Waals surface area contributed by atoms with Crippen LogP contribution in [0.15, 0.2) is 0 Å². The van der Waals surface area contributed by atoms with Gasteiger partial charge in [-0.25, -0.2) is 0 Å². The highest BCUT2D eigenvalue weighted by Gasteiger charge is 2.39. The molecule has 0 bridgehead atoms. The Morgan fingerprint density at radius 3 is 2.87 bits per heavy atom. The molecule has 2 rings (SSSR count). The Bertz CT molecular complexity index is 236. The molecule has 0 aromatic heterocycles. The molecule has 1 aliphatic heterocycles. The lowest BCUT2D eigenvalue weighted by Crippen LogP contribution is -2.38. The third-order valence-corrected chi connectivity index (χ3v) is 4.69. The van der Waals surface area contributed by atoms with Gasteiger partial charge in [-0.1, -0.05) is 12.8 Å². The molecule has 2 fully saturated rings. The zero-order valence-electron chi connectivity index (χ0n) is 8.91. The normalized spacial score (nSPS) is 29.5. The smallest absolute Gasteiger partial charge is 0.313 e. The molecule has 1 saturated heterocycles. The molecule has 15 heavy (non-hydrogen) atoms. The molecular weight excluding hydrogens is 212 g/mol. The monoisotopic (exact) mass is 230 g/mol. The topological polar surface area (TPSA) is 46.5 Å². The number of aliphatic carboxylic acids is 1. The number of hydrogen-bond donors (Lipinski definition) is 1. The SMILES string of the molecule is O=C(O)CSC1CCOC2(CCCC2)C1. The second kappa shape index (κ2) is 4.74. The van der Waals surface area contributed by atoms with Crippen LogP contribution in [-0.2, 0) is 9.53 Å². The van der Waals surface area contributed by atoms with E-state index >= 15 is 0 Å². The van der Waals surface area contributed by atoms with Crippen molar-refractivity contribution in [2.75, 3.05) is 12.4 Å². The first kappa shape index (κ1) is 11.3. The van der Waals surface area contributed by atoms with Crippen LogP contribution < -0.4 is 0 Å². The maximum Gasteiger partial charge on any atom is 0.313 e. The van der Waals surface area contributed by atoms with E-state index < -0.39 is 5.97 Å². The van der Waals surface area contributed by atoms with Crippen LogP contribution in [0.4, 0.5) is 0 Å². The highest BCUT2D eigenvalue weighted by atomic mass is 32.2. The van der Waals surface area contributed by atoms with E-state index in [0.717, 1.165) is 19.4 Å². The maximum atomic E-state index is 10.5. The molecule has 0 radical (unpaired) electrons. The van der Waals surface area contributed by atoms with Gasteiger partial charge in [-0.3, -0.25) is 4.79 Å². The van der Waals surface area contributed by atoms with Gasteiger partial charge in [0, 0.05) is 11.9 Å². The Morgan fingerprint density at radius 1 is 1.47 bits per heavy atom. The van der Waals surface area contributed by atoms with Crippen LogP contribution in [0.2, 0.25) is 0 Å². The van der Waals surface area contributed by atoms with Crippen LogP contribution in [0.5, 0.6) is 0 Å². The Kier molecular flexibility index (Phi) is 3.57. The van der Waals surface area contributed by atoms with E-state index in [4.69, 9.17) is 9.84 Å². The first-order chi connectivity index (χ1) is 7.20. The molecule has 1 unspecified atom stereocenters. The van der Waals surface area contributed by atoms with Crippen molar-refractivity contribution in [1.29, 1.82) is 0 Å². The molecular formula is C11H18O3S. The van der Waals surface area contributed by atoms with Crippen molar-refractivity contribution < 1.29 is 14.6 Å². The lowest BCUT2D eigenvalue weighted by molar-refractivity contribution is -0.133. The number of carbonyl (C=O) groups is 1. The third kappa shape index (κ3) is 2.88. The summed E-state index contributed by atoms with van der Waals surface area (Å²) in [6, 6.07) is 0. The van der Waals surface area contributed by atoms with Crippen molar-refractivity contribution in [3.05, 3.63) is 0 Å². The van der Waals surface area contributed by atoms with E-state index in [0.29, 0.717) is 5.25 Å². The average molecular weight is 230 g/mol. The van der Waals surface area contributed by atoms with Gasteiger partial charge in [0.1, 0.15) is 0 Å². The molecule has 0 aromatic rings. The van der Waals surface area contributed by atoms with Crippen LogP contribution in [0, 0.1) is 0 Å². The fourth-order valence-corrected chi connectivity index (χ4v) is 3.74. The largest absolute Gasteiger partial charge is 0.481 e. The molecule has 1 N–H and O–H groups in total. The highest BCUT2D eigenvalue weighted by molar-refractivity contribution is 8.00. The summed E-state index contributed by atoms with van der Waals surface area (Å²) in [5.41, 5.74) is 0.119. The highest BCUT2D eigenvalue weighted by Crippen LogP contribution is 2.42. The van der Waals surface area contributed by atoms with E-state index in [-0.39, 0.29) is 11.4 Å². The van der Waals surface area contributed by atoms with E-state index in [1.54, 1.807) is 11.8 Å². The third-order valence-electron chi connectivity index (χ3n) is 3.41. The van der Waals surface area contributed by atoms with Gasteiger partial charge in [0.05, 0.1) is 11.4 Å². The van der Waals surface area contributed by atoms with Gasteiger partial charge in [0.15, 0.2) is 0 Å².